The highest BCUT2D eigenvalue weighted by Crippen LogP contribution is 2.39. The monoisotopic (exact) mass is 263 g/mol. The molecule has 2 N–H and O–H groups in total. The first kappa shape index (κ1) is 9.09. The van der Waals surface area contributed by atoms with Crippen LogP contribution in [0.3, 0.4) is 0 Å². The normalized spacial score (nSPS) is 15.8. The minimum absolute atomic E-state index is 0.531. The van der Waals surface area contributed by atoms with E-state index in [4.69, 9.17) is 5.73 Å². The van der Waals surface area contributed by atoms with Gasteiger partial charge in [-0.15, -0.1) is 0 Å². The predicted octanol–water partition coefficient (Wildman–Crippen LogP) is 2.85. The van der Waals surface area contributed by atoms with Gasteiger partial charge in [-0.2, -0.15) is 0 Å². The lowest BCUT2D eigenvalue weighted by Gasteiger charge is -2.05. The third kappa shape index (κ3) is 1.49. The van der Waals surface area contributed by atoms with E-state index in [2.05, 4.69) is 25.9 Å². The fourth-order valence-electron chi connectivity index (χ4n) is 1.68. The van der Waals surface area contributed by atoms with Crippen molar-refractivity contribution in [2.45, 2.75) is 18.8 Å². The van der Waals surface area contributed by atoms with Crippen LogP contribution >= 0.6 is 15.9 Å². The number of hydrogen-bond acceptors (Lipinski definition) is 3. The first-order valence-corrected chi connectivity index (χ1v) is 5.76. The molecule has 0 unspecified atom stereocenters. The zero-order valence-electron chi connectivity index (χ0n) is 8.07. The molecule has 4 heteroatoms. The summed E-state index contributed by atoms with van der Waals surface area (Å²) in [6.45, 7) is 0. The predicted molar refractivity (Wildman–Crippen MR) is 63.6 cm³/mol. The minimum atomic E-state index is 0.531. The van der Waals surface area contributed by atoms with Crippen molar-refractivity contribution < 1.29 is 0 Å². The summed E-state index contributed by atoms with van der Waals surface area (Å²) in [5.74, 6) is 2.01. The molecule has 2 aromatic rings. The van der Waals surface area contributed by atoms with Crippen LogP contribution in [0, 0.1) is 0 Å². The van der Waals surface area contributed by atoms with E-state index < -0.39 is 0 Å². The minimum Gasteiger partial charge on any atom is -0.383 e. The Kier molecular flexibility index (Phi) is 1.92. The molecule has 0 spiro atoms. The number of rotatable bonds is 1. The molecule has 15 heavy (non-hydrogen) atoms. The summed E-state index contributed by atoms with van der Waals surface area (Å²) in [7, 11) is 0. The van der Waals surface area contributed by atoms with Gasteiger partial charge in [0, 0.05) is 15.8 Å². The molecule has 0 radical (unpaired) electrons. The maximum Gasteiger partial charge on any atom is 0.135 e. The van der Waals surface area contributed by atoms with Gasteiger partial charge in [0.15, 0.2) is 0 Å². The fraction of sp³-hybridized carbons (Fsp3) is 0.273. The van der Waals surface area contributed by atoms with Gasteiger partial charge in [-0.05, 0) is 40.9 Å². The smallest absolute Gasteiger partial charge is 0.135 e. The van der Waals surface area contributed by atoms with Gasteiger partial charge in [0.2, 0.25) is 0 Å². The molecule has 0 aliphatic heterocycles. The molecule has 0 amide bonds. The lowest BCUT2D eigenvalue weighted by molar-refractivity contribution is 0.951. The summed E-state index contributed by atoms with van der Waals surface area (Å²) in [6, 6.07) is 5.88. The van der Waals surface area contributed by atoms with Gasteiger partial charge < -0.3 is 5.73 Å². The third-order valence-electron chi connectivity index (χ3n) is 2.67. The summed E-state index contributed by atoms with van der Waals surface area (Å²) in [6.07, 6.45) is 2.38. The van der Waals surface area contributed by atoms with E-state index >= 15 is 0 Å². The molecule has 76 valence electrons. The van der Waals surface area contributed by atoms with Gasteiger partial charge in [-0.3, -0.25) is 0 Å². The highest BCUT2D eigenvalue weighted by atomic mass is 79.9. The number of para-hydroxylation sites is 1. The summed E-state index contributed by atoms with van der Waals surface area (Å²) >= 11 is 3.49. The molecule has 3 rings (SSSR count). The number of aromatic nitrogens is 2. The average molecular weight is 264 g/mol. The van der Waals surface area contributed by atoms with Gasteiger partial charge in [-0.1, -0.05) is 6.07 Å². The number of anilines is 1. The first-order chi connectivity index (χ1) is 7.25. The SMILES string of the molecule is Nc1nc(C2CC2)nc2c(Br)cccc12. The van der Waals surface area contributed by atoms with E-state index in [1.807, 2.05) is 18.2 Å². The molecule has 1 heterocycles. The third-order valence-corrected chi connectivity index (χ3v) is 3.31. The molecular formula is C11H10BrN3. The largest absolute Gasteiger partial charge is 0.383 e. The van der Waals surface area contributed by atoms with Gasteiger partial charge >= 0.3 is 0 Å². The molecule has 1 aliphatic rings. The van der Waals surface area contributed by atoms with Crippen LogP contribution in [-0.2, 0) is 0 Å². The van der Waals surface area contributed by atoms with Crippen LogP contribution < -0.4 is 5.73 Å². The van der Waals surface area contributed by atoms with Crippen LogP contribution in [-0.4, -0.2) is 9.97 Å². The zero-order valence-corrected chi connectivity index (χ0v) is 9.66. The average Bonchev–Trinajstić information content (AvgIpc) is 3.02. The number of benzene rings is 1. The first-order valence-electron chi connectivity index (χ1n) is 4.97. The van der Waals surface area contributed by atoms with E-state index in [0.29, 0.717) is 11.7 Å². The van der Waals surface area contributed by atoms with E-state index in [0.717, 1.165) is 21.2 Å². The van der Waals surface area contributed by atoms with Crippen molar-refractivity contribution in [2.75, 3.05) is 5.73 Å². The molecule has 0 atom stereocenters. The lowest BCUT2D eigenvalue weighted by Crippen LogP contribution is -2.00. The summed E-state index contributed by atoms with van der Waals surface area (Å²) in [4.78, 5) is 8.91. The standard InChI is InChI=1S/C11H10BrN3/c12-8-3-1-2-7-9(8)14-11(6-4-5-6)15-10(7)13/h1-3,6H,4-5H2,(H2,13,14,15). The van der Waals surface area contributed by atoms with Gasteiger partial charge in [-0.25, -0.2) is 9.97 Å². The van der Waals surface area contributed by atoms with Crippen LogP contribution in [0.5, 0.6) is 0 Å². The summed E-state index contributed by atoms with van der Waals surface area (Å²) in [5.41, 5.74) is 6.84. The van der Waals surface area contributed by atoms with Crippen molar-refractivity contribution in [3.63, 3.8) is 0 Å². The number of fused-ring (bicyclic) bond motifs is 1. The topological polar surface area (TPSA) is 51.8 Å². The second kappa shape index (κ2) is 3.17. The van der Waals surface area contributed by atoms with E-state index in [-0.39, 0.29) is 0 Å². The Hall–Kier alpha value is -1.16. The number of nitrogen functional groups attached to an aromatic ring is 1. The van der Waals surface area contributed by atoms with Crippen molar-refractivity contribution in [1.29, 1.82) is 0 Å². The Morgan fingerprint density at radius 3 is 2.80 bits per heavy atom. The lowest BCUT2D eigenvalue weighted by atomic mass is 10.2. The zero-order chi connectivity index (χ0) is 10.4. The summed E-state index contributed by atoms with van der Waals surface area (Å²) in [5, 5.41) is 0.925. The van der Waals surface area contributed by atoms with Crippen LogP contribution in [0.15, 0.2) is 22.7 Å². The Balaban J connectivity index is 2.32. The Morgan fingerprint density at radius 2 is 2.07 bits per heavy atom. The Morgan fingerprint density at radius 1 is 1.27 bits per heavy atom. The molecule has 1 saturated carbocycles. The molecule has 1 aromatic heterocycles. The molecule has 0 bridgehead atoms. The Labute approximate surface area is 95.8 Å². The van der Waals surface area contributed by atoms with Crippen LogP contribution in [0.4, 0.5) is 5.82 Å². The number of nitrogens with zero attached hydrogens (tertiary/aromatic N) is 2. The van der Waals surface area contributed by atoms with Gasteiger partial charge in [0.25, 0.3) is 0 Å². The maximum atomic E-state index is 5.92. The van der Waals surface area contributed by atoms with E-state index in [1.54, 1.807) is 0 Å². The van der Waals surface area contributed by atoms with Crippen molar-refractivity contribution in [2.24, 2.45) is 0 Å². The van der Waals surface area contributed by atoms with Crippen molar-refractivity contribution in [1.82, 2.24) is 9.97 Å². The molecule has 3 nitrogen and oxygen atoms in total. The number of nitrogens with two attached hydrogens (primary N) is 1. The van der Waals surface area contributed by atoms with E-state index in [1.165, 1.54) is 12.8 Å². The second-order valence-electron chi connectivity index (χ2n) is 3.88. The molecular weight excluding hydrogens is 254 g/mol. The summed E-state index contributed by atoms with van der Waals surface area (Å²) < 4.78 is 0.982. The quantitative estimate of drug-likeness (QED) is 0.861. The van der Waals surface area contributed by atoms with Crippen LogP contribution in [0.2, 0.25) is 0 Å². The van der Waals surface area contributed by atoms with Crippen molar-refractivity contribution in [3.8, 4) is 0 Å². The highest BCUT2D eigenvalue weighted by molar-refractivity contribution is 9.10. The molecule has 0 saturated heterocycles. The fourth-order valence-corrected chi connectivity index (χ4v) is 2.14. The molecule has 1 aliphatic carbocycles. The molecule has 1 aromatic carbocycles. The molecule has 1 fully saturated rings. The maximum absolute atomic E-state index is 5.92. The van der Waals surface area contributed by atoms with Crippen molar-refractivity contribution in [3.05, 3.63) is 28.5 Å². The number of hydrogen-bond donors (Lipinski definition) is 1. The van der Waals surface area contributed by atoms with Crippen LogP contribution in [0.1, 0.15) is 24.6 Å². The number of halogens is 1. The second-order valence-corrected chi connectivity index (χ2v) is 4.73. The van der Waals surface area contributed by atoms with Crippen molar-refractivity contribution >= 4 is 32.7 Å². The Bertz CT molecular complexity index is 535. The van der Waals surface area contributed by atoms with Gasteiger partial charge in [0.05, 0.1) is 5.52 Å². The highest BCUT2D eigenvalue weighted by Gasteiger charge is 2.27. The van der Waals surface area contributed by atoms with E-state index in [9.17, 15) is 0 Å². The van der Waals surface area contributed by atoms with Crippen LogP contribution in [0.25, 0.3) is 10.9 Å². The van der Waals surface area contributed by atoms with Gasteiger partial charge in [0.1, 0.15) is 11.6 Å².